The Kier molecular flexibility index (Phi) is 6.19. The summed E-state index contributed by atoms with van der Waals surface area (Å²) in [6.07, 6.45) is 5.16. The van der Waals surface area contributed by atoms with Gasteiger partial charge >= 0.3 is 0 Å². The van der Waals surface area contributed by atoms with E-state index in [0.29, 0.717) is 10.8 Å². The molecule has 1 aromatic carbocycles. The summed E-state index contributed by atoms with van der Waals surface area (Å²) in [6, 6.07) is 7.96. The fourth-order valence-electron chi connectivity index (χ4n) is 2.71. The van der Waals surface area contributed by atoms with Crippen molar-refractivity contribution in [1.29, 1.82) is 0 Å². The summed E-state index contributed by atoms with van der Waals surface area (Å²) in [5.74, 6) is 0.0215. The van der Waals surface area contributed by atoms with Crippen LogP contribution < -0.4 is 15.4 Å². The molecule has 27 heavy (non-hydrogen) atoms. The first-order valence-corrected chi connectivity index (χ1v) is 10.4. The molecule has 1 fully saturated rings. The van der Waals surface area contributed by atoms with E-state index in [1.165, 1.54) is 24.5 Å². The normalized spacial score (nSPS) is 17.9. The molecule has 1 aliphatic heterocycles. The van der Waals surface area contributed by atoms with Crippen LogP contribution in [0.1, 0.15) is 19.8 Å². The van der Waals surface area contributed by atoms with Gasteiger partial charge in [-0.3, -0.25) is 0 Å². The van der Waals surface area contributed by atoms with Crippen molar-refractivity contribution in [1.82, 2.24) is 15.3 Å². The summed E-state index contributed by atoms with van der Waals surface area (Å²) in [4.78, 5) is 7.82. The van der Waals surface area contributed by atoms with Gasteiger partial charge in [0.1, 0.15) is 0 Å². The summed E-state index contributed by atoms with van der Waals surface area (Å²) < 4.78 is 32.7. The van der Waals surface area contributed by atoms with Crippen molar-refractivity contribution in [3.8, 4) is 0 Å². The standard InChI is InChI=1S/C17H21N5O3S2/c1-12(15-4-2-11-25-15)20-17(26)21-13-5-7-14(8-6-13)27(23,24)22-16-18-9-3-10-19-16/h3,5-10,12,15H,2,4,11H2,1H3,(H,18,19,22)(H2,20,21,26)/t12-,15-/m1/s1. The van der Waals surface area contributed by atoms with Crippen molar-refractivity contribution >= 4 is 39.0 Å². The number of hydrogen-bond acceptors (Lipinski definition) is 6. The molecule has 0 unspecified atom stereocenters. The molecular weight excluding hydrogens is 386 g/mol. The van der Waals surface area contributed by atoms with Crippen LogP contribution in [0.3, 0.4) is 0 Å². The number of sulfonamides is 1. The molecule has 0 bridgehead atoms. The van der Waals surface area contributed by atoms with Crippen molar-refractivity contribution in [3.05, 3.63) is 42.7 Å². The SMILES string of the molecule is C[C@@H](NC(=S)Nc1ccc(S(=O)(=O)Nc2ncccn2)cc1)[C@H]1CCCO1. The van der Waals surface area contributed by atoms with Gasteiger partial charge in [0.25, 0.3) is 10.0 Å². The summed E-state index contributed by atoms with van der Waals surface area (Å²) >= 11 is 5.32. The van der Waals surface area contributed by atoms with Gasteiger partial charge in [-0.25, -0.2) is 23.1 Å². The Labute approximate surface area is 163 Å². The highest BCUT2D eigenvalue weighted by Crippen LogP contribution is 2.17. The van der Waals surface area contributed by atoms with Gasteiger partial charge in [0.05, 0.1) is 17.0 Å². The highest BCUT2D eigenvalue weighted by atomic mass is 32.2. The van der Waals surface area contributed by atoms with E-state index in [-0.39, 0.29) is 23.0 Å². The minimum Gasteiger partial charge on any atom is -0.376 e. The van der Waals surface area contributed by atoms with E-state index in [1.54, 1.807) is 18.2 Å². The topological polar surface area (TPSA) is 105 Å². The van der Waals surface area contributed by atoms with Crippen LogP contribution in [0, 0.1) is 0 Å². The minimum absolute atomic E-state index is 0.0215. The summed E-state index contributed by atoms with van der Waals surface area (Å²) in [7, 11) is -3.76. The summed E-state index contributed by atoms with van der Waals surface area (Å²) in [6.45, 7) is 2.81. The molecule has 2 atom stereocenters. The number of hydrogen-bond donors (Lipinski definition) is 3. The lowest BCUT2D eigenvalue weighted by Crippen LogP contribution is -2.42. The highest BCUT2D eigenvalue weighted by molar-refractivity contribution is 7.92. The molecule has 0 amide bonds. The quantitative estimate of drug-likeness (QED) is 0.626. The van der Waals surface area contributed by atoms with Crippen molar-refractivity contribution in [2.45, 2.75) is 36.8 Å². The van der Waals surface area contributed by atoms with Crippen LogP contribution in [0.15, 0.2) is 47.6 Å². The third-order valence-electron chi connectivity index (χ3n) is 4.10. The van der Waals surface area contributed by atoms with Crippen LogP contribution in [-0.4, -0.2) is 42.3 Å². The van der Waals surface area contributed by atoms with E-state index in [2.05, 4.69) is 25.3 Å². The van der Waals surface area contributed by atoms with Gasteiger partial charge in [-0.15, -0.1) is 0 Å². The molecule has 1 aromatic heterocycles. The van der Waals surface area contributed by atoms with Crippen LogP contribution in [0.25, 0.3) is 0 Å². The Morgan fingerprint density at radius 2 is 1.96 bits per heavy atom. The number of thiocarbonyl (C=S) groups is 1. The van der Waals surface area contributed by atoms with Gasteiger partial charge in [0.15, 0.2) is 5.11 Å². The predicted molar refractivity (Wildman–Crippen MR) is 107 cm³/mol. The fourth-order valence-corrected chi connectivity index (χ4v) is 3.97. The average Bonchev–Trinajstić information content (AvgIpc) is 3.17. The second kappa shape index (κ2) is 8.59. The minimum atomic E-state index is -3.76. The van der Waals surface area contributed by atoms with Crippen LogP contribution in [0.2, 0.25) is 0 Å². The highest BCUT2D eigenvalue weighted by Gasteiger charge is 2.22. The molecule has 3 N–H and O–H groups in total. The summed E-state index contributed by atoms with van der Waals surface area (Å²) in [5.41, 5.74) is 0.682. The molecule has 2 aromatic rings. The number of aromatic nitrogens is 2. The number of nitrogens with zero attached hydrogens (tertiary/aromatic N) is 2. The smallest absolute Gasteiger partial charge is 0.264 e. The zero-order valence-corrected chi connectivity index (χ0v) is 16.4. The molecule has 10 heteroatoms. The number of benzene rings is 1. The Morgan fingerprint density at radius 1 is 1.26 bits per heavy atom. The lowest BCUT2D eigenvalue weighted by Gasteiger charge is -2.22. The average molecular weight is 408 g/mol. The maximum absolute atomic E-state index is 12.4. The first-order chi connectivity index (χ1) is 12.9. The first kappa shape index (κ1) is 19.5. The number of rotatable bonds is 6. The molecule has 0 saturated carbocycles. The Balaban J connectivity index is 1.58. The maximum atomic E-state index is 12.4. The van der Waals surface area contributed by atoms with E-state index >= 15 is 0 Å². The van der Waals surface area contributed by atoms with E-state index in [0.717, 1.165) is 19.4 Å². The van der Waals surface area contributed by atoms with E-state index in [4.69, 9.17) is 17.0 Å². The molecule has 3 rings (SSSR count). The number of nitrogens with one attached hydrogen (secondary N) is 3. The molecule has 144 valence electrons. The number of ether oxygens (including phenoxy) is 1. The second-order valence-electron chi connectivity index (χ2n) is 6.14. The predicted octanol–water partition coefficient (Wildman–Crippen LogP) is 2.13. The van der Waals surface area contributed by atoms with Crippen molar-refractivity contribution < 1.29 is 13.2 Å². The van der Waals surface area contributed by atoms with E-state index in [9.17, 15) is 8.42 Å². The Hall–Kier alpha value is -2.30. The van der Waals surface area contributed by atoms with Gasteiger partial charge in [-0.2, -0.15) is 0 Å². The Bertz CT molecular complexity index is 869. The van der Waals surface area contributed by atoms with Gasteiger partial charge < -0.3 is 15.4 Å². The zero-order valence-electron chi connectivity index (χ0n) is 14.8. The third kappa shape index (κ3) is 5.34. The van der Waals surface area contributed by atoms with Crippen LogP contribution >= 0.6 is 12.2 Å². The van der Waals surface area contributed by atoms with E-state index < -0.39 is 10.0 Å². The van der Waals surface area contributed by atoms with Crippen LogP contribution in [-0.2, 0) is 14.8 Å². The molecule has 8 nitrogen and oxygen atoms in total. The Morgan fingerprint density at radius 3 is 2.59 bits per heavy atom. The van der Waals surface area contributed by atoms with Crippen LogP contribution in [0.5, 0.6) is 0 Å². The molecule has 0 spiro atoms. The molecule has 2 heterocycles. The number of anilines is 2. The maximum Gasteiger partial charge on any atom is 0.264 e. The molecule has 1 saturated heterocycles. The lowest BCUT2D eigenvalue weighted by atomic mass is 10.1. The second-order valence-corrected chi connectivity index (χ2v) is 8.23. The lowest BCUT2D eigenvalue weighted by molar-refractivity contribution is 0.0895. The molecule has 1 aliphatic rings. The van der Waals surface area contributed by atoms with Gasteiger partial charge in [-0.1, -0.05) is 0 Å². The zero-order chi connectivity index (χ0) is 19.3. The van der Waals surface area contributed by atoms with E-state index in [1.807, 2.05) is 6.92 Å². The molecular formula is C17H21N5O3S2. The van der Waals surface area contributed by atoms with Gasteiger partial charge in [0, 0.05) is 24.7 Å². The fraction of sp³-hybridized carbons (Fsp3) is 0.353. The summed E-state index contributed by atoms with van der Waals surface area (Å²) in [5, 5.41) is 6.71. The van der Waals surface area contributed by atoms with Crippen molar-refractivity contribution in [3.63, 3.8) is 0 Å². The van der Waals surface area contributed by atoms with Gasteiger partial charge in [0.2, 0.25) is 5.95 Å². The van der Waals surface area contributed by atoms with Crippen molar-refractivity contribution in [2.24, 2.45) is 0 Å². The first-order valence-electron chi connectivity index (χ1n) is 8.53. The molecule has 0 radical (unpaired) electrons. The third-order valence-corrected chi connectivity index (χ3v) is 5.66. The largest absolute Gasteiger partial charge is 0.376 e. The van der Waals surface area contributed by atoms with Gasteiger partial charge in [-0.05, 0) is 62.3 Å². The monoisotopic (exact) mass is 407 g/mol. The van der Waals surface area contributed by atoms with Crippen molar-refractivity contribution in [2.75, 3.05) is 16.6 Å². The van der Waals surface area contributed by atoms with Crippen LogP contribution in [0.4, 0.5) is 11.6 Å². The molecule has 0 aliphatic carbocycles.